The maximum atomic E-state index is 5.13. The number of aryl methyl sites for hydroxylation is 1. The number of nitrogens with zero attached hydrogens (tertiary/aromatic N) is 5. The molecule has 0 saturated carbocycles. The molecule has 342 valence electrons. The number of hydrogen-bond acceptors (Lipinski definition) is 3. The van der Waals surface area contributed by atoms with Crippen molar-refractivity contribution >= 4 is 0 Å². The van der Waals surface area contributed by atoms with E-state index in [0.717, 1.165) is 106 Å². The fraction of sp³-hybridized carbons (Fsp3) is 0.0152. The molecule has 5 nitrogen and oxygen atoms in total. The molecular weight excluding hydrogens is 1050 g/mol. The van der Waals surface area contributed by atoms with E-state index < -0.39 is 0 Å². The van der Waals surface area contributed by atoms with Crippen LogP contribution >= 0.6 is 0 Å². The van der Waals surface area contributed by atoms with Crippen molar-refractivity contribution in [1.82, 2.24) is 24.5 Å². The molecule has 12 rings (SSSR count). The van der Waals surface area contributed by atoms with Gasteiger partial charge in [0.15, 0.2) is 0 Å². The van der Waals surface area contributed by atoms with E-state index in [1.807, 2.05) is 88.6 Å². The van der Waals surface area contributed by atoms with Crippen molar-refractivity contribution in [3.05, 3.63) is 273 Å². The van der Waals surface area contributed by atoms with E-state index in [1.54, 1.807) is 0 Å². The molecule has 0 amide bonds. The van der Waals surface area contributed by atoms with Crippen LogP contribution in [0.3, 0.4) is 0 Å². The fourth-order valence-electron chi connectivity index (χ4n) is 9.54. The SMILES string of the molecule is Cc1cc(-c2[c-]ccc(-c3ccc(-c4ccccc4)cc3)c2)ncc1-c1ccccc1-c1cc(-c2ccccc2-c2cnn(-c3[c-]cccc3)c2)cc(-c2ccccc2-c2cnn(-c3[c-]cccc3)c2)c1.[Ir+3]. The minimum atomic E-state index is 0. The Morgan fingerprint density at radius 3 is 1.28 bits per heavy atom. The molecule has 0 aliphatic heterocycles. The number of para-hydroxylation sites is 2. The summed E-state index contributed by atoms with van der Waals surface area (Å²) < 4.78 is 3.77. The summed E-state index contributed by atoms with van der Waals surface area (Å²) in [7, 11) is 0. The molecule has 3 heterocycles. The normalized spacial score (nSPS) is 11.0. The first kappa shape index (κ1) is 45.6. The maximum absolute atomic E-state index is 5.13. The molecule has 0 saturated heterocycles. The second-order valence-electron chi connectivity index (χ2n) is 17.6. The quantitative estimate of drug-likeness (QED) is 0.121. The van der Waals surface area contributed by atoms with Crippen LogP contribution in [0, 0.1) is 25.1 Å². The van der Waals surface area contributed by atoms with Crippen LogP contribution in [0.25, 0.3) is 112 Å². The van der Waals surface area contributed by atoms with Crippen LogP contribution in [-0.2, 0) is 20.1 Å². The molecule has 3 aromatic heterocycles. The molecule has 9 aromatic carbocycles. The van der Waals surface area contributed by atoms with E-state index in [-0.39, 0.29) is 20.1 Å². The molecule has 0 atom stereocenters. The van der Waals surface area contributed by atoms with Crippen molar-refractivity contribution in [3.63, 3.8) is 0 Å². The topological polar surface area (TPSA) is 48.5 Å². The Bertz CT molecular complexity index is 3680. The number of hydrogen-bond donors (Lipinski definition) is 0. The smallest absolute Gasteiger partial charge is 0.304 e. The molecule has 6 heteroatoms. The molecule has 12 aromatic rings. The first-order valence-electron chi connectivity index (χ1n) is 23.7. The van der Waals surface area contributed by atoms with E-state index in [9.17, 15) is 0 Å². The first-order valence-corrected chi connectivity index (χ1v) is 23.7. The molecular formula is C66H44IrN5. The van der Waals surface area contributed by atoms with Crippen LogP contribution in [0.15, 0.2) is 249 Å². The molecule has 0 spiro atoms. The van der Waals surface area contributed by atoms with Crippen molar-refractivity contribution in [2.75, 3.05) is 0 Å². The van der Waals surface area contributed by atoms with Gasteiger partial charge in [-0.3, -0.25) is 9.36 Å². The van der Waals surface area contributed by atoms with Gasteiger partial charge in [-0.1, -0.05) is 133 Å². The largest absolute Gasteiger partial charge is 3.00 e. The summed E-state index contributed by atoms with van der Waals surface area (Å²) in [5.74, 6) is 0. The van der Waals surface area contributed by atoms with Crippen LogP contribution in [-0.4, -0.2) is 24.5 Å². The van der Waals surface area contributed by atoms with Gasteiger partial charge in [-0.15, -0.1) is 47.5 Å². The van der Waals surface area contributed by atoms with Crippen LogP contribution in [0.5, 0.6) is 0 Å². The van der Waals surface area contributed by atoms with Crippen LogP contribution < -0.4 is 0 Å². The second kappa shape index (κ2) is 20.3. The zero-order valence-corrected chi connectivity index (χ0v) is 41.6. The van der Waals surface area contributed by atoms with E-state index >= 15 is 0 Å². The Balaban J connectivity index is 0.00000560. The number of benzene rings is 9. The summed E-state index contributed by atoms with van der Waals surface area (Å²) in [6.07, 6.45) is 10.1. The van der Waals surface area contributed by atoms with Gasteiger partial charge >= 0.3 is 20.1 Å². The average molecular weight is 1100 g/mol. The Labute approximate surface area is 433 Å². The van der Waals surface area contributed by atoms with Gasteiger partial charge in [0.25, 0.3) is 0 Å². The van der Waals surface area contributed by atoms with Crippen molar-refractivity contribution in [2.45, 2.75) is 6.92 Å². The van der Waals surface area contributed by atoms with Crippen molar-refractivity contribution in [1.29, 1.82) is 0 Å². The minimum absolute atomic E-state index is 0. The summed E-state index contributed by atoms with van der Waals surface area (Å²) in [4.78, 5) is 5.13. The van der Waals surface area contributed by atoms with Gasteiger partial charge in [0.05, 0.1) is 12.4 Å². The molecule has 0 unspecified atom stereocenters. The first-order chi connectivity index (χ1) is 35.1. The van der Waals surface area contributed by atoms with Gasteiger partial charge in [0.1, 0.15) is 0 Å². The number of rotatable bonds is 11. The molecule has 0 fully saturated rings. The summed E-state index contributed by atoms with van der Waals surface area (Å²) in [6, 6.07) is 86.5. The van der Waals surface area contributed by atoms with E-state index in [4.69, 9.17) is 15.2 Å². The van der Waals surface area contributed by atoms with E-state index in [1.165, 1.54) is 11.1 Å². The standard InChI is InChI=1S/C66H44N5.Ir/c1-46-36-66(51-21-17-20-50(37-51)49-34-32-48(33-35-49)47-18-5-2-6-19-47)67-43-65(46)64-31-16-15-28-61(64)54-39-52(59-26-11-13-29-62(59)55-41-68-70(44-55)57-22-7-3-8-23-57)38-53(40-54)60-27-12-14-30-63(60)56-42-69-71(45-56)58-24-9-4-10-25-58;/h2-20,22,24,26-45H,1H3;/q-3;+3. The summed E-state index contributed by atoms with van der Waals surface area (Å²) >= 11 is 0. The molecule has 0 N–H and O–H groups in total. The zero-order valence-electron chi connectivity index (χ0n) is 39.2. The summed E-state index contributed by atoms with van der Waals surface area (Å²) in [6.45, 7) is 2.18. The Hall–Kier alpha value is -8.80. The predicted molar refractivity (Wildman–Crippen MR) is 289 cm³/mol. The van der Waals surface area contributed by atoms with E-state index in [2.05, 4.69) is 195 Å². The molecule has 0 radical (unpaired) electrons. The third-order valence-corrected chi connectivity index (χ3v) is 13.1. The second-order valence-corrected chi connectivity index (χ2v) is 17.6. The molecule has 0 aliphatic carbocycles. The van der Waals surface area contributed by atoms with Crippen LogP contribution in [0.2, 0.25) is 0 Å². The average Bonchev–Trinajstić information content (AvgIpc) is 4.16. The Morgan fingerprint density at radius 1 is 0.333 bits per heavy atom. The third-order valence-electron chi connectivity index (χ3n) is 13.1. The van der Waals surface area contributed by atoms with Crippen molar-refractivity contribution in [2.24, 2.45) is 0 Å². The van der Waals surface area contributed by atoms with Gasteiger partial charge in [-0.2, -0.15) is 58.7 Å². The number of aromatic nitrogens is 5. The molecule has 0 bridgehead atoms. The Kier molecular flexibility index (Phi) is 12.8. The van der Waals surface area contributed by atoms with Gasteiger partial charge in [0, 0.05) is 35.3 Å². The minimum Gasteiger partial charge on any atom is -0.304 e. The van der Waals surface area contributed by atoms with Gasteiger partial charge < -0.3 is 4.98 Å². The number of pyridine rings is 1. The van der Waals surface area contributed by atoms with Gasteiger partial charge in [0.2, 0.25) is 0 Å². The monoisotopic (exact) mass is 1100 g/mol. The van der Waals surface area contributed by atoms with Crippen molar-refractivity contribution < 1.29 is 20.1 Å². The molecule has 72 heavy (non-hydrogen) atoms. The van der Waals surface area contributed by atoms with Crippen LogP contribution in [0.4, 0.5) is 0 Å². The fourth-order valence-corrected chi connectivity index (χ4v) is 9.54. The predicted octanol–water partition coefficient (Wildman–Crippen LogP) is 16.2. The van der Waals surface area contributed by atoms with Crippen LogP contribution in [0.1, 0.15) is 5.56 Å². The van der Waals surface area contributed by atoms with Crippen molar-refractivity contribution in [3.8, 4) is 112 Å². The summed E-state index contributed by atoms with van der Waals surface area (Å²) in [5.41, 5.74) is 22.3. The third kappa shape index (κ3) is 9.21. The van der Waals surface area contributed by atoms with Gasteiger partial charge in [-0.25, -0.2) is 0 Å². The maximum Gasteiger partial charge on any atom is 3.00 e. The van der Waals surface area contributed by atoms with Gasteiger partial charge in [-0.05, 0) is 115 Å². The molecule has 0 aliphatic rings. The summed E-state index contributed by atoms with van der Waals surface area (Å²) in [5, 5.41) is 9.55. The Morgan fingerprint density at radius 2 is 0.778 bits per heavy atom. The van der Waals surface area contributed by atoms with E-state index in [0.29, 0.717) is 0 Å². The zero-order chi connectivity index (χ0) is 47.5.